The molecule has 1 heterocycles. The quantitative estimate of drug-likeness (QED) is 0.817. The van der Waals surface area contributed by atoms with Gasteiger partial charge in [0.15, 0.2) is 0 Å². The average Bonchev–Trinajstić information content (AvgIpc) is 2.99. The fourth-order valence-electron chi connectivity index (χ4n) is 3.67. The molecule has 0 radical (unpaired) electrons. The van der Waals surface area contributed by atoms with Gasteiger partial charge in [-0.2, -0.15) is 11.8 Å². The molecular weight excluding hydrogens is 268 g/mol. The lowest BCUT2D eigenvalue weighted by molar-refractivity contribution is -0.130. The fourth-order valence-corrected chi connectivity index (χ4v) is 4.64. The van der Waals surface area contributed by atoms with E-state index in [1.807, 2.05) is 11.8 Å². The third kappa shape index (κ3) is 3.33. The topological polar surface area (TPSA) is 32.3 Å². The van der Waals surface area contributed by atoms with Crippen LogP contribution in [0.4, 0.5) is 0 Å². The predicted octanol–water partition coefficient (Wildman–Crippen LogP) is 3.24. The lowest BCUT2D eigenvalue weighted by Gasteiger charge is -2.34. The standard InChI is InChI=1S/C16H30N2OS/c1-5-14-17-13(10-12(2)3)15(19)18(14)11-16(20-4)8-6-7-9-16/h12-14,17H,5-11H2,1-4H3. The highest BCUT2D eigenvalue weighted by atomic mass is 32.2. The minimum Gasteiger partial charge on any atom is -0.324 e. The maximum Gasteiger partial charge on any atom is 0.241 e. The molecule has 0 aromatic rings. The first-order valence-electron chi connectivity index (χ1n) is 8.13. The molecule has 0 aromatic heterocycles. The maximum absolute atomic E-state index is 12.7. The summed E-state index contributed by atoms with van der Waals surface area (Å²) in [6.07, 6.45) is 9.60. The lowest BCUT2D eigenvalue weighted by Crippen LogP contribution is -2.45. The number of nitrogens with one attached hydrogen (secondary N) is 1. The van der Waals surface area contributed by atoms with Crippen molar-refractivity contribution in [2.24, 2.45) is 5.92 Å². The molecule has 1 saturated carbocycles. The third-order valence-corrected chi connectivity index (χ3v) is 6.25. The lowest BCUT2D eigenvalue weighted by atomic mass is 10.0. The Labute approximate surface area is 128 Å². The molecule has 20 heavy (non-hydrogen) atoms. The van der Waals surface area contributed by atoms with Crippen molar-refractivity contribution in [3.05, 3.63) is 0 Å². The Morgan fingerprint density at radius 2 is 2.05 bits per heavy atom. The highest BCUT2D eigenvalue weighted by Crippen LogP contribution is 2.41. The number of carbonyl (C=O) groups excluding carboxylic acids is 1. The molecule has 0 spiro atoms. The number of hydrogen-bond acceptors (Lipinski definition) is 3. The van der Waals surface area contributed by atoms with Crippen LogP contribution in [0.25, 0.3) is 0 Å². The summed E-state index contributed by atoms with van der Waals surface area (Å²) in [5.74, 6) is 0.903. The minimum absolute atomic E-state index is 0.0419. The van der Waals surface area contributed by atoms with Crippen molar-refractivity contribution in [1.29, 1.82) is 0 Å². The van der Waals surface area contributed by atoms with Gasteiger partial charge in [0.1, 0.15) is 0 Å². The predicted molar refractivity (Wildman–Crippen MR) is 86.9 cm³/mol. The van der Waals surface area contributed by atoms with Crippen LogP contribution in [-0.4, -0.2) is 40.6 Å². The fraction of sp³-hybridized carbons (Fsp3) is 0.938. The summed E-state index contributed by atoms with van der Waals surface area (Å²) in [6.45, 7) is 7.50. The molecule has 1 aliphatic heterocycles. The van der Waals surface area contributed by atoms with Crippen molar-refractivity contribution in [3.63, 3.8) is 0 Å². The summed E-state index contributed by atoms with van der Waals surface area (Å²) < 4.78 is 0.317. The van der Waals surface area contributed by atoms with Crippen LogP contribution < -0.4 is 5.32 Å². The molecule has 1 saturated heterocycles. The molecule has 0 aromatic carbocycles. The van der Waals surface area contributed by atoms with Crippen LogP contribution in [0.2, 0.25) is 0 Å². The maximum atomic E-state index is 12.7. The van der Waals surface area contributed by atoms with Gasteiger partial charge in [0.2, 0.25) is 5.91 Å². The van der Waals surface area contributed by atoms with Gasteiger partial charge in [0, 0.05) is 11.3 Å². The number of carbonyl (C=O) groups is 1. The van der Waals surface area contributed by atoms with Crippen LogP contribution in [0, 0.1) is 5.92 Å². The Morgan fingerprint density at radius 1 is 1.40 bits per heavy atom. The monoisotopic (exact) mass is 298 g/mol. The van der Waals surface area contributed by atoms with Crippen molar-refractivity contribution >= 4 is 17.7 Å². The van der Waals surface area contributed by atoms with Crippen molar-refractivity contribution < 1.29 is 4.79 Å². The van der Waals surface area contributed by atoms with Gasteiger partial charge in [-0.05, 0) is 37.9 Å². The van der Waals surface area contributed by atoms with Crippen molar-refractivity contribution in [2.75, 3.05) is 12.8 Å². The Morgan fingerprint density at radius 3 is 2.55 bits per heavy atom. The molecule has 116 valence electrons. The molecular formula is C16H30N2OS. The Hall–Kier alpha value is -0.220. The zero-order valence-corrected chi connectivity index (χ0v) is 14.3. The first-order chi connectivity index (χ1) is 9.51. The molecule has 2 unspecified atom stereocenters. The Kier molecular flexibility index (Phi) is 5.41. The molecule has 3 nitrogen and oxygen atoms in total. The van der Waals surface area contributed by atoms with Crippen LogP contribution >= 0.6 is 11.8 Å². The molecule has 4 heteroatoms. The average molecular weight is 298 g/mol. The largest absolute Gasteiger partial charge is 0.324 e. The van der Waals surface area contributed by atoms with Crippen LogP contribution in [-0.2, 0) is 4.79 Å². The van der Waals surface area contributed by atoms with E-state index in [4.69, 9.17) is 0 Å². The van der Waals surface area contributed by atoms with Crippen LogP contribution in [0.3, 0.4) is 0 Å². The van der Waals surface area contributed by atoms with Gasteiger partial charge in [-0.15, -0.1) is 0 Å². The third-order valence-electron chi connectivity index (χ3n) is 4.85. The smallest absolute Gasteiger partial charge is 0.241 e. The first kappa shape index (κ1) is 16.2. The van der Waals surface area contributed by atoms with E-state index >= 15 is 0 Å². The van der Waals surface area contributed by atoms with Gasteiger partial charge < -0.3 is 4.90 Å². The Bertz CT molecular complexity index is 339. The highest BCUT2D eigenvalue weighted by molar-refractivity contribution is 8.00. The van der Waals surface area contributed by atoms with E-state index in [9.17, 15) is 4.79 Å². The zero-order valence-electron chi connectivity index (χ0n) is 13.4. The van der Waals surface area contributed by atoms with Crippen molar-refractivity contribution in [1.82, 2.24) is 10.2 Å². The summed E-state index contributed by atoms with van der Waals surface area (Å²) in [5.41, 5.74) is 0. The van der Waals surface area contributed by atoms with Crippen LogP contribution in [0.1, 0.15) is 59.3 Å². The molecule has 0 bridgehead atoms. The first-order valence-corrected chi connectivity index (χ1v) is 9.35. The number of nitrogens with zero attached hydrogens (tertiary/aromatic N) is 1. The van der Waals surface area contributed by atoms with Gasteiger partial charge in [0.05, 0.1) is 12.2 Å². The summed E-state index contributed by atoms with van der Waals surface area (Å²) in [6, 6.07) is 0.0419. The summed E-state index contributed by atoms with van der Waals surface area (Å²) in [5, 5.41) is 3.55. The number of thioether (sulfide) groups is 1. The van der Waals surface area contributed by atoms with E-state index < -0.39 is 0 Å². The van der Waals surface area contributed by atoms with Gasteiger partial charge in [0.25, 0.3) is 0 Å². The number of amides is 1. The zero-order chi connectivity index (χ0) is 14.8. The number of rotatable bonds is 6. The van der Waals surface area contributed by atoms with Gasteiger partial charge in [-0.25, -0.2) is 0 Å². The van der Waals surface area contributed by atoms with E-state index in [0.717, 1.165) is 19.4 Å². The SMILES string of the molecule is CCC1NC(CC(C)C)C(=O)N1CC1(SC)CCCC1. The molecule has 2 aliphatic rings. The molecule has 2 rings (SSSR count). The van der Waals surface area contributed by atoms with Gasteiger partial charge in [-0.1, -0.05) is 33.6 Å². The van der Waals surface area contributed by atoms with Crippen molar-refractivity contribution in [2.45, 2.75) is 76.3 Å². The second kappa shape index (κ2) is 6.69. The second-order valence-electron chi connectivity index (χ2n) is 6.83. The van der Waals surface area contributed by atoms with E-state index in [1.165, 1.54) is 25.7 Å². The van der Waals surface area contributed by atoms with E-state index in [-0.39, 0.29) is 12.2 Å². The summed E-state index contributed by atoms with van der Waals surface area (Å²) in [4.78, 5) is 14.9. The molecule has 2 fully saturated rings. The molecule has 2 atom stereocenters. The van der Waals surface area contributed by atoms with Gasteiger partial charge >= 0.3 is 0 Å². The van der Waals surface area contributed by atoms with Crippen molar-refractivity contribution in [3.8, 4) is 0 Å². The minimum atomic E-state index is 0.0419. The van der Waals surface area contributed by atoms with Crippen LogP contribution in [0.15, 0.2) is 0 Å². The molecule has 1 amide bonds. The second-order valence-corrected chi connectivity index (χ2v) is 8.11. The van der Waals surface area contributed by atoms with Crippen LogP contribution in [0.5, 0.6) is 0 Å². The molecule has 1 aliphatic carbocycles. The van der Waals surface area contributed by atoms with E-state index in [2.05, 4.69) is 37.2 Å². The van der Waals surface area contributed by atoms with E-state index in [1.54, 1.807) is 0 Å². The highest BCUT2D eigenvalue weighted by Gasteiger charge is 2.43. The normalized spacial score (nSPS) is 29.6. The summed E-state index contributed by atoms with van der Waals surface area (Å²) >= 11 is 1.97. The van der Waals surface area contributed by atoms with Gasteiger partial charge in [-0.3, -0.25) is 10.1 Å². The van der Waals surface area contributed by atoms with E-state index in [0.29, 0.717) is 16.6 Å². The summed E-state index contributed by atoms with van der Waals surface area (Å²) in [7, 11) is 0. The number of hydrogen-bond donors (Lipinski definition) is 1. The Balaban J connectivity index is 2.06. The molecule has 1 N–H and O–H groups in total.